The molecule has 1 aromatic heterocycles. The number of rotatable bonds is 2. The van der Waals surface area contributed by atoms with Gasteiger partial charge in [0.25, 0.3) is 5.56 Å². The van der Waals surface area contributed by atoms with Crippen LogP contribution in [-0.4, -0.2) is 9.55 Å². The molecule has 0 bridgehead atoms. The van der Waals surface area contributed by atoms with Crippen molar-refractivity contribution < 1.29 is 0 Å². The Morgan fingerprint density at radius 3 is 2.48 bits per heavy atom. The molecule has 0 aliphatic heterocycles. The Balaban J connectivity index is 2.17. The Kier molecular flexibility index (Phi) is 3.40. The van der Waals surface area contributed by atoms with E-state index in [4.69, 9.17) is 0 Å². The van der Waals surface area contributed by atoms with Gasteiger partial charge in [0.1, 0.15) is 5.69 Å². The van der Waals surface area contributed by atoms with Crippen molar-refractivity contribution in [1.82, 2.24) is 9.55 Å². The summed E-state index contributed by atoms with van der Waals surface area (Å²) in [6.07, 6.45) is 1.85. The van der Waals surface area contributed by atoms with Crippen molar-refractivity contribution in [2.75, 3.05) is 0 Å². The van der Waals surface area contributed by atoms with E-state index in [2.05, 4.69) is 4.98 Å². The average molecular weight is 276 g/mol. The summed E-state index contributed by atoms with van der Waals surface area (Å²) in [4.78, 5) is 16.9. The molecule has 0 fully saturated rings. The van der Waals surface area contributed by atoms with Crippen molar-refractivity contribution in [1.29, 1.82) is 0 Å². The van der Waals surface area contributed by atoms with Crippen molar-refractivity contribution in [2.24, 2.45) is 7.05 Å². The lowest BCUT2D eigenvalue weighted by atomic mass is 10.1. The van der Waals surface area contributed by atoms with Crippen LogP contribution in [0.3, 0.4) is 0 Å². The molecule has 0 unspecified atom stereocenters. The fraction of sp³-hybridized carbons (Fsp3) is 0.111. The molecule has 3 nitrogen and oxygen atoms in total. The van der Waals surface area contributed by atoms with Crippen LogP contribution >= 0.6 is 0 Å². The average Bonchev–Trinajstić information content (AvgIpc) is 2.53. The molecule has 0 spiro atoms. The summed E-state index contributed by atoms with van der Waals surface area (Å²) in [5, 5.41) is 0. The topological polar surface area (TPSA) is 34.9 Å². The molecule has 0 amide bonds. The molecule has 0 radical (unpaired) electrons. The van der Waals surface area contributed by atoms with Gasteiger partial charge in [-0.15, -0.1) is 0 Å². The van der Waals surface area contributed by atoms with Crippen LogP contribution in [0.1, 0.15) is 18.2 Å². The van der Waals surface area contributed by atoms with Gasteiger partial charge >= 0.3 is 0 Å². The molecular weight excluding hydrogens is 260 g/mol. The predicted molar refractivity (Wildman–Crippen MR) is 87.0 cm³/mol. The summed E-state index contributed by atoms with van der Waals surface area (Å²) in [6, 6.07) is 17.7. The van der Waals surface area contributed by atoms with Gasteiger partial charge in [-0.1, -0.05) is 42.5 Å². The predicted octanol–water partition coefficient (Wildman–Crippen LogP) is 3.49. The van der Waals surface area contributed by atoms with Crippen LogP contribution in [0.2, 0.25) is 0 Å². The van der Waals surface area contributed by atoms with Crippen molar-refractivity contribution in [3.8, 4) is 0 Å². The summed E-state index contributed by atoms with van der Waals surface area (Å²) in [7, 11) is 1.78. The number of nitrogens with zero attached hydrogens (tertiary/aromatic N) is 2. The van der Waals surface area contributed by atoms with Crippen LogP contribution in [0, 0.1) is 0 Å². The quantitative estimate of drug-likeness (QED) is 0.718. The maximum Gasteiger partial charge on any atom is 0.276 e. The third kappa shape index (κ3) is 2.50. The SMILES string of the molecule is C/C(=C/c1nc2ccccc2n(C)c1=O)c1ccccc1. The molecule has 3 heteroatoms. The number of hydrogen-bond donors (Lipinski definition) is 0. The van der Waals surface area contributed by atoms with Crippen LogP contribution in [0.15, 0.2) is 59.4 Å². The Bertz CT molecular complexity index is 877. The first-order valence-corrected chi connectivity index (χ1v) is 6.86. The Hall–Kier alpha value is -2.68. The summed E-state index contributed by atoms with van der Waals surface area (Å²) in [6.45, 7) is 1.99. The number of benzene rings is 2. The zero-order chi connectivity index (χ0) is 14.8. The Morgan fingerprint density at radius 1 is 1.05 bits per heavy atom. The van der Waals surface area contributed by atoms with Crippen LogP contribution < -0.4 is 5.56 Å². The third-order valence-corrected chi connectivity index (χ3v) is 3.59. The second-order valence-electron chi connectivity index (χ2n) is 5.04. The number of allylic oxidation sites excluding steroid dienone is 1. The van der Waals surface area contributed by atoms with Crippen LogP contribution in [0.4, 0.5) is 0 Å². The standard InChI is InChI=1S/C18H16N2O/c1-13(14-8-4-3-5-9-14)12-16-18(21)20(2)17-11-7-6-10-15(17)19-16/h3-12H,1-2H3/b13-12-. The highest BCUT2D eigenvalue weighted by atomic mass is 16.1. The molecule has 0 aliphatic carbocycles. The second-order valence-corrected chi connectivity index (χ2v) is 5.04. The van der Waals surface area contributed by atoms with Gasteiger partial charge < -0.3 is 4.57 Å². The zero-order valence-electron chi connectivity index (χ0n) is 12.1. The first-order valence-electron chi connectivity index (χ1n) is 6.86. The molecule has 104 valence electrons. The van der Waals surface area contributed by atoms with E-state index in [1.165, 1.54) is 0 Å². The minimum atomic E-state index is -0.0796. The molecule has 21 heavy (non-hydrogen) atoms. The zero-order valence-corrected chi connectivity index (χ0v) is 12.1. The highest BCUT2D eigenvalue weighted by Crippen LogP contribution is 2.16. The van der Waals surface area contributed by atoms with E-state index in [1.54, 1.807) is 11.6 Å². The maximum atomic E-state index is 12.4. The van der Waals surface area contributed by atoms with Crippen molar-refractivity contribution in [2.45, 2.75) is 6.92 Å². The fourth-order valence-corrected chi connectivity index (χ4v) is 2.38. The number of aromatic nitrogens is 2. The van der Waals surface area contributed by atoms with Crippen molar-refractivity contribution >= 4 is 22.7 Å². The number of hydrogen-bond acceptors (Lipinski definition) is 2. The molecule has 2 aromatic carbocycles. The first kappa shape index (κ1) is 13.3. The van der Waals surface area contributed by atoms with Gasteiger partial charge in [-0.3, -0.25) is 4.79 Å². The molecule has 0 atom stereocenters. The van der Waals surface area contributed by atoms with E-state index >= 15 is 0 Å². The molecule has 3 aromatic rings. The maximum absolute atomic E-state index is 12.4. The van der Waals surface area contributed by atoms with Gasteiger partial charge in [0.2, 0.25) is 0 Å². The fourth-order valence-electron chi connectivity index (χ4n) is 2.38. The van der Waals surface area contributed by atoms with Crippen LogP contribution in [0.5, 0.6) is 0 Å². The van der Waals surface area contributed by atoms with E-state index in [-0.39, 0.29) is 5.56 Å². The molecule has 1 heterocycles. The molecular formula is C18H16N2O. The van der Waals surface area contributed by atoms with Crippen molar-refractivity contribution in [3.63, 3.8) is 0 Å². The summed E-state index contributed by atoms with van der Waals surface area (Å²) >= 11 is 0. The lowest BCUT2D eigenvalue weighted by Crippen LogP contribution is -2.21. The van der Waals surface area contributed by atoms with Crippen LogP contribution in [0.25, 0.3) is 22.7 Å². The van der Waals surface area contributed by atoms with E-state index < -0.39 is 0 Å². The molecule has 0 N–H and O–H groups in total. The highest BCUT2D eigenvalue weighted by Gasteiger charge is 2.06. The molecule has 0 saturated carbocycles. The Labute approximate surface area is 123 Å². The molecule has 0 aliphatic rings. The van der Waals surface area contributed by atoms with Gasteiger partial charge in [-0.2, -0.15) is 0 Å². The summed E-state index contributed by atoms with van der Waals surface area (Å²) in [5.41, 5.74) is 4.18. The number of fused-ring (bicyclic) bond motifs is 1. The van der Waals surface area contributed by atoms with Gasteiger partial charge in [-0.25, -0.2) is 4.98 Å². The number of para-hydroxylation sites is 2. The third-order valence-electron chi connectivity index (χ3n) is 3.59. The van der Waals surface area contributed by atoms with Gasteiger partial charge in [0.05, 0.1) is 11.0 Å². The van der Waals surface area contributed by atoms with Gasteiger partial charge in [0.15, 0.2) is 0 Å². The van der Waals surface area contributed by atoms with Crippen molar-refractivity contribution in [3.05, 3.63) is 76.2 Å². The molecule has 0 saturated heterocycles. The van der Waals surface area contributed by atoms with E-state index in [1.807, 2.05) is 67.6 Å². The van der Waals surface area contributed by atoms with Gasteiger partial charge in [-0.05, 0) is 36.3 Å². The lowest BCUT2D eigenvalue weighted by molar-refractivity contribution is 0.886. The molecule has 3 rings (SSSR count). The van der Waals surface area contributed by atoms with E-state index in [0.717, 1.165) is 22.2 Å². The minimum absolute atomic E-state index is 0.0796. The minimum Gasteiger partial charge on any atom is -0.308 e. The van der Waals surface area contributed by atoms with E-state index in [9.17, 15) is 4.79 Å². The highest BCUT2D eigenvalue weighted by molar-refractivity contribution is 5.81. The largest absolute Gasteiger partial charge is 0.308 e. The van der Waals surface area contributed by atoms with Gasteiger partial charge in [0, 0.05) is 7.05 Å². The Morgan fingerprint density at radius 2 is 1.71 bits per heavy atom. The monoisotopic (exact) mass is 276 g/mol. The summed E-state index contributed by atoms with van der Waals surface area (Å²) < 4.78 is 1.65. The lowest BCUT2D eigenvalue weighted by Gasteiger charge is -2.06. The smallest absolute Gasteiger partial charge is 0.276 e. The normalized spacial score (nSPS) is 11.8. The summed E-state index contributed by atoms with van der Waals surface area (Å²) in [5.74, 6) is 0. The first-order chi connectivity index (χ1) is 10.2. The van der Waals surface area contributed by atoms with Crippen LogP contribution in [-0.2, 0) is 7.05 Å². The van der Waals surface area contributed by atoms with E-state index in [0.29, 0.717) is 5.69 Å². The number of aryl methyl sites for hydroxylation is 1. The second kappa shape index (κ2) is 5.37.